The highest BCUT2D eigenvalue weighted by atomic mass is 35.6. The molecule has 12 heteroatoms. The Morgan fingerprint density at radius 1 is 1.10 bits per heavy atom. The molecule has 1 aliphatic carbocycles. The predicted octanol–water partition coefficient (Wildman–Crippen LogP) is 4.45. The fourth-order valence-corrected chi connectivity index (χ4v) is 6.50. The number of nitrogens with one attached hydrogen (secondary N) is 1. The molecule has 1 N–H and O–H groups in total. The van der Waals surface area contributed by atoms with Gasteiger partial charge < -0.3 is 14.8 Å². The molecule has 2 aliphatic heterocycles. The quantitative estimate of drug-likeness (QED) is 0.160. The lowest BCUT2D eigenvalue weighted by molar-refractivity contribution is -0.153. The molecule has 2 aromatic carbocycles. The molecule has 2 aromatic rings. The Morgan fingerprint density at radius 3 is 2.55 bits per heavy atom. The van der Waals surface area contributed by atoms with Crippen LogP contribution in [-0.4, -0.2) is 55.7 Å². The van der Waals surface area contributed by atoms with Gasteiger partial charge in [-0.1, -0.05) is 71.2 Å². The summed E-state index contributed by atoms with van der Waals surface area (Å²) in [6.07, 6.45) is 4.53. The number of esters is 2. The molecular formula is C28H25Cl3N2O6S. The smallest absolute Gasteiger partial charge is 0.354 e. The third kappa shape index (κ3) is 6.12. The first-order valence-electron chi connectivity index (χ1n) is 12.6. The molecule has 5 rings (SSSR count). The summed E-state index contributed by atoms with van der Waals surface area (Å²) in [6, 6.07) is 13.0. The molecule has 1 saturated heterocycles. The van der Waals surface area contributed by atoms with E-state index in [1.54, 1.807) is 42.5 Å². The number of amides is 2. The van der Waals surface area contributed by atoms with Crippen LogP contribution in [0.25, 0.3) is 0 Å². The highest BCUT2D eigenvalue weighted by Crippen LogP contribution is 2.41. The summed E-state index contributed by atoms with van der Waals surface area (Å²) in [5, 5.41) is 1.95. The van der Waals surface area contributed by atoms with Gasteiger partial charge in [0.1, 0.15) is 29.5 Å². The van der Waals surface area contributed by atoms with Crippen LogP contribution in [0.3, 0.4) is 0 Å². The minimum Gasteiger partial charge on any atom is -0.456 e. The standard InChI is InChI=1S/C28H25Cl3N2O6S/c1-15-12-20(26(36)38-14-28(29,30)31)33-24(35)22(25(33)40-15)32-23(34)21(17-6-3-2-4-7-17)27(37)39-19-11-10-16-8-5-9-18(16)13-19/h2-4,6-7,10-13,15,21-22,25H,5,8-9,14H2,1H3,(H,32,34). The van der Waals surface area contributed by atoms with E-state index in [1.165, 1.54) is 22.2 Å². The minimum atomic E-state index is -1.80. The van der Waals surface area contributed by atoms with Crippen LogP contribution in [0.15, 0.2) is 60.3 Å². The van der Waals surface area contributed by atoms with E-state index in [0.29, 0.717) is 11.3 Å². The van der Waals surface area contributed by atoms with Gasteiger partial charge in [0.2, 0.25) is 9.70 Å². The molecular weight excluding hydrogens is 599 g/mol. The number of hydrogen-bond donors (Lipinski definition) is 1. The summed E-state index contributed by atoms with van der Waals surface area (Å²) >= 11 is 18.4. The number of ether oxygens (including phenoxy) is 2. The number of alkyl halides is 3. The molecule has 0 spiro atoms. The number of halogens is 3. The molecule has 210 valence electrons. The SMILES string of the molecule is CC1C=C(C(=O)OCC(Cl)(Cl)Cl)N2C(=O)C(NC(=O)C(C(=O)Oc3ccc4c(c3)CCC4)c3ccccc3)C2S1. The third-order valence-electron chi connectivity index (χ3n) is 6.84. The number of rotatable bonds is 7. The first-order valence-corrected chi connectivity index (χ1v) is 14.7. The van der Waals surface area contributed by atoms with Crippen LogP contribution < -0.4 is 10.1 Å². The molecule has 0 bridgehead atoms. The summed E-state index contributed by atoms with van der Waals surface area (Å²) in [6.45, 7) is 1.35. The Hall–Kier alpha value is -2.72. The van der Waals surface area contributed by atoms with E-state index in [9.17, 15) is 19.2 Å². The van der Waals surface area contributed by atoms with Gasteiger partial charge >= 0.3 is 11.9 Å². The summed E-state index contributed by atoms with van der Waals surface area (Å²) in [7, 11) is 0. The van der Waals surface area contributed by atoms with E-state index >= 15 is 0 Å². The van der Waals surface area contributed by atoms with Crippen LogP contribution in [-0.2, 0) is 36.8 Å². The molecule has 0 aromatic heterocycles. The Labute approximate surface area is 250 Å². The maximum atomic E-state index is 13.6. The van der Waals surface area contributed by atoms with Crippen LogP contribution in [0.2, 0.25) is 0 Å². The van der Waals surface area contributed by atoms with Gasteiger partial charge in [0.05, 0.1) is 0 Å². The van der Waals surface area contributed by atoms with Crippen LogP contribution in [0.5, 0.6) is 5.75 Å². The van der Waals surface area contributed by atoms with Crippen molar-refractivity contribution in [1.82, 2.24) is 10.2 Å². The van der Waals surface area contributed by atoms with Crippen molar-refractivity contribution in [2.45, 2.75) is 52.6 Å². The van der Waals surface area contributed by atoms with Crippen molar-refractivity contribution < 1.29 is 28.7 Å². The van der Waals surface area contributed by atoms with Crippen LogP contribution in [0.4, 0.5) is 0 Å². The lowest BCUT2D eigenvalue weighted by Gasteiger charge is -2.49. The first-order chi connectivity index (χ1) is 19.0. The van der Waals surface area contributed by atoms with E-state index in [1.807, 2.05) is 19.1 Å². The number of benzene rings is 2. The number of fused-ring (bicyclic) bond motifs is 2. The van der Waals surface area contributed by atoms with Crippen molar-refractivity contribution in [1.29, 1.82) is 0 Å². The molecule has 4 unspecified atom stereocenters. The van der Waals surface area contributed by atoms with Crippen molar-refractivity contribution in [3.8, 4) is 5.75 Å². The molecule has 2 heterocycles. The van der Waals surface area contributed by atoms with Crippen molar-refractivity contribution in [3.63, 3.8) is 0 Å². The van der Waals surface area contributed by atoms with Gasteiger partial charge in [-0.25, -0.2) is 4.79 Å². The predicted molar refractivity (Wildman–Crippen MR) is 152 cm³/mol. The second-order valence-corrected chi connectivity index (χ2v) is 13.7. The summed E-state index contributed by atoms with van der Waals surface area (Å²) in [5.41, 5.74) is 2.80. The van der Waals surface area contributed by atoms with Gasteiger partial charge in [-0.05, 0) is 61.1 Å². The molecule has 1 fully saturated rings. The molecule has 0 radical (unpaired) electrons. The number of carbonyl (C=O) groups is 4. The average Bonchev–Trinajstić information content (AvgIpc) is 3.38. The zero-order chi connectivity index (χ0) is 28.6. The normalized spacial score (nSPS) is 22.3. The van der Waals surface area contributed by atoms with E-state index in [-0.39, 0.29) is 10.9 Å². The largest absolute Gasteiger partial charge is 0.456 e. The van der Waals surface area contributed by atoms with Gasteiger partial charge in [-0.2, -0.15) is 0 Å². The molecule has 2 amide bonds. The highest BCUT2D eigenvalue weighted by molar-refractivity contribution is 8.00. The topological polar surface area (TPSA) is 102 Å². The van der Waals surface area contributed by atoms with Gasteiger partial charge in [-0.15, -0.1) is 11.8 Å². The average molecular weight is 624 g/mol. The zero-order valence-corrected chi connectivity index (χ0v) is 24.4. The third-order valence-corrected chi connectivity index (χ3v) is 8.50. The number of hydrogen-bond acceptors (Lipinski definition) is 7. The van der Waals surface area contributed by atoms with Crippen molar-refractivity contribution in [3.05, 3.63) is 77.0 Å². The van der Waals surface area contributed by atoms with Crippen LogP contribution in [0.1, 0.15) is 36.0 Å². The van der Waals surface area contributed by atoms with E-state index in [4.69, 9.17) is 44.3 Å². The number of β-lactam (4-membered cyclic amide) rings is 1. The van der Waals surface area contributed by atoms with Crippen LogP contribution in [0, 0.1) is 0 Å². The monoisotopic (exact) mass is 622 g/mol. The van der Waals surface area contributed by atoms with E-state index < -0.39 is 51.5 Å². The molecule has 8 nitrogen and oxygen atoms in total. The Balaban J connectivity index is 1.31. The molecule has 3 aliphatic rings. The van der Waals surface area contributed by atoms with Gasteiger partial charge in [0.25, 0.3) is 5.91 Å². The lowest BCUT2D eigenvalue weighted by Crippen LogP contribution is -2.71. The second kappa shape index (κ2) is 11.6. The minimum absolute atomic E-state index is 0.0108. The van der Waals surface area contributed by atoms with Gasteiger partial charge in [-0.3, -0.25) is 19.3 Å². The second-order valence-electron chi connectivity index (χ2n) is 9.72. The summed E-state index contributed by atoms with van der Waals surface area (Å²) in [4.78, 5) is 54.0. The number of aryl methyl sites for hydroxylation is 2. The van der Waals surface area contributed by atoms with Crippen molar-refractivity contribution >= 4 is 70.3 Å². The highest BCUT2D eigenvalue weighted by Gasteiger charge is 2.55. The summed E-state index contributed by atoms with van der Waals surface area (Å²) in [5.74, 6) is -3.73. The maximum Gasteiger partial charge on any atom is 0.354 e. The lowest BCUT2D eigenvalue weighted by atomic mass is 9.96. The first kappa shape index (κ1) is 28.8. The fourth-order valence-electron chi connectivity index (χ4n) is 5.01. The van der Waals surface area contributed by atoms with Crippen molar-refractivity contribution in [2.24, 2.45) is 0 Å². The Kier molecular flexibility index (Phi) is 8.38. The maximum absolute atomic E-state index is 13.6. The summed E-state index contributed by atoms with van der Waals surface area (Å²) < 4.78 is 8.93. The zero-order valence-electron chi connectivity index (χ0n) is 21.3. The Bertz CT molecular complexity index is 1380. The molecule has 40 heavy (non-hydrogen) atoms. The van der Waals surface area contributed by atoms with Gasteiger partial charge in [0.15, 0.2) is 5.92 Å². The number of carbonyl (C=O) groups excluding carboxylic acids is 4. The van der Waals surface area contributed by atoms with Crippen LogP contribution >= 0.6 is 46.6 Å². The van der Waals surface area contributed by atoms with E-state index in [0.717, 1.165) is 24.8 Å². The van der Waals surface area contributed by atoms with E-state index in [2.05, 4.69) is 5.32 Å². The fraction of sp³-hybridized carbons (Fsp3) is 0.357. The Morgan fingerprint density at radius 2 is 1.82 bits per heavy atom. The molecule has 0 saturated carbocycles. The molecule has 4 atom stereocenters. The number of thioether (sulfide) groups is 1. The van der Waals surface area contributed by atoms with Crippen molar-refractivity contribution in [2.75, 3.05) is 6.61 Å². The number of nitrogens with zero attached hydrogens (tertiary/aromatic N) is 1. The van der Waals surface area contributed by atoms with Gasteiger partial charge in [0, 0.05) is 5.25 Å².